The van der Waals surface area contributed by atoms with Gasteiger partial charge >= 0.3 is 0 Å². The van der Waals surface area contributed by atoms with Gasteiger partial charge in [-0.25, -0.2) is 0 Å². The van der Waals surface area contributed by atoms with Gasteiger partial charge < -0.3 is 13.1 Å². The maximum absolute atomic E-state index is 9.83. The number of nitrogens with zero attached hydrogens (tertiary/aromatic N) is 1. The highest BCUT2D eigenvalue weighted by Gasteiger charge is 2.30. The fraction of sp³-hybridized carbons (Fsp3) is 1.00. The van der Waals surface area contributed by atoms with E-state index in [9.17, 15) is 5.11 Å². The van der Waals surface area contributed by atoms with Crippen molar-refractivity contribution in [2.75, 3.05) is 26.7 Å². The van der Waals surface area contributed by atoms with Gasteiger partial charge in [0.15, 0.2) is 0 Å². The van der Waals surface area contributed by atoms with Gasteiger partial charge in [-0.1, -0.05) is 0 Å². The molecule has 0 aliphatic carbocycles. The van der Waals surface area contributed by atoms with Crippen molar-refractivity contribution in [1.82, 2.24) is 4.90 Å². The van der Waals surface area contributed by atoms with Crippen molar-refractivity contribution in [1.29, 1.82) is 0 Å². The van der Waals surface area contributed by atoms with Gasteiger partial charge in [0.05, 0.1) is 12.2 Å². The van der Waals surface area contributed by atoms with Crippen LogP contribution in [0.2, 0.25) is 0 Å². The number of piperidine rings is 1. The Hall–Kier alpha value is 0.610. The highest BCUT2D eigenvalue weighted by molar-refractivity contribution is 14.1. The van der Waals surface area contributed by atoms with E-state index in [1.165, 1.54) is 0 Å². The molecule has 1 N–H and O–H groups in total. The van der Waals surface area contributed by atoms with Crippen molar-refractivity contribution in [2.45, 2.75) is 18.4 Å². The number of likely N-dealkylation sites (tertiary alicyclic amines) is 1. The zero-order valence-electron chi connectivity index (χ0n) is 6.72. The summed E-state index contributed by atoms with van der Waals surface area (Å²) >= 11 is 1.83. The number of rotatable bonds is 2. The molecule has 3 nitrogen and oxygen atoms in total. The SMILES string of the molecule is CN1CCC(O)(COI)CC1. The summed E-state index contributed by atoms with van der Waals surface area (Å²) in [5.41, 5.74) is -0.562. The first-order valence-corrected chi connectivity index (χ1v) is 4.69. The van der Waals surface area contributed by atoms with E-state index in [4.69, 9.17) is 3.07 Å². The van der Waals surface area contributed by atoms with Gasteiger partial charge in [0.25, 0.3) is 0 Å². The Morgan fingerprint density at radius 3 is 2.55 bits per heavy atom. The summed E-state index contributed by atoms with van der Waals surface area (Å²) in [5.74, 6) is 0. The molecule has 1 aliphatic rings. The van der Waals surface area contributed by atoms with Crippen LogP contribution >= 0.6 is 23.0 Å². The predicted molar refractivity (Wildman–Crippen MR) is 51.7 cm³/mol. The molecule has 0 saturated carbocycles. The van der Waals surface area contributed by atoms with Gasteiger partial charge in [0.1, 0.15) is 23.0 Å². The zero-order chi connectivity index (χ0) is 8.32. The second-order valence-corrected chi connectivity index (χ2v) is 3.90. The molecule has 0 aromatic heterocycles. The highest BCUT2D eigenvalue weighted by Crippen LogP contribution is 2.22. The Morgan fingerprint density at radius 2 is 2.09 bits per heavy atom. The monoisotopic (exact) mass is 271 g/mol. The van der Waals surface area contributed by atoms with Crippen LogP contribution in [0, 0.1) is 0 Å². The third kappa shape index (κ3) is 2.85. The Balaban J connectivity index is 2.35. The van der Waals surface area contributed by atoms with Gasteiger partial charge in [0, 0.05) is 13.1 Å². The van der Waals surface area contributed by atoms with Crippen LogP contribution in [0.3, 0.4) is 0 Å². The highest BCUT2D eigenvalue weighted by atomic mass is 127. The first-order valence-electron chi connectivity index (χ1n) is 3.81. The lowest BCUT2D eigenvalue weighted by molar-refractivity contribution is -0.0390. The summed E-state index contributed by atoms with van der Waals surface area (Å²) in [7, 11) is 2.07. The van der Waals surface area contributed by atoms with E-state index in [1.807, 2.05) is 23.0 Å². The maximum atomic E-state index is 9.83. The minimum Gasteiger partial charge on any atom is -0.387 e. The first-order chi connectivity index (χ1) is 5.16. The summed E-state index contributed by atoms with van der Waals surface area (Å²) < 4.78 is 4.92. The Bertz CT molecular complexity index is 124. The standard InChI is InChI=1S/C7H14INO2/c1-9-4-2-7(10,3-5-9)6-11-8/h10H,2-6H2,1H3. The molecule has 0 unspecified atom stereocenters. The summed E-state index contributed by atoms with van der Waals surface area (Å²) in [4.78, 5) is 2.22. The van der Waals surface area contributed by atoms with Gasteiger partial charge in [-0.15, -0.1) is 0 Å². The van der Waals surface area contributed by atoms with Gasteiger partial charge in [-0.3, -0.25) is 0 Å². The predicted octanol–water partition coefficient (Wildman–Crippen LogP) is 0.810. The summed E-state index contributed by atoms with van der Waals surface area (Å²) in [6.45, 7) is 2.40. The molecule has 0 aromatic rings. The molecule has 0 amide bonds. The first kappa shape index (κ1) is 9.70. The van der Waals surface area contributed by atoms with E-state index in [0.29, 0.717) is 6.61 Å². The maximum Gasteiger partial charge on any atom is 0.109 e. The fourth-order valence-corrected chi connectivity index (χ4v) is 1.86. The zero-order valence-corrected chi connectivity index (χ0v) is 8.87. The van der Waals surface area contributed by atoms with Gasteiger partial charge in [-0.05, 0) is 19.9 Å². The van der Waals surface area contributed by atoms with Crippen LogP contribution in [0.1, 0.15) is 12.8 Å². The molecule has 0 atom stereocenters. The number of aliphatic hydroxyl groups is 1. The van der Waals surface area contributed by atoms with E-state index in [0.717, 1.165) is 25.9 Å². The third-order valence-corrected chi connectivity index (χ3v) is 2.55. The Kier molecular flexibility index (Phi) is 3.54. The minimum absolute atomic E-state index is 0.460. The van der Waals surface area contributed by atoms with Crippen LogP contribution in [-0.2, 0) is 3.07 Å². The molecular weight excluding hydrogens is 257 g/mol. The molecule has 66 valence electrons. The molecule has 1 saturated heterocycles. The normalized spacial score (nSPS) is 25.4. The van der Waals surface area contributed by atoms with Crippen molar-refractivity contribution in [2.24, 2.45) is 0 Å². The molecule has 1 fully saturated rings. The molecule has 4 heteroatoms. The van der Waals surface area contributed by atoms with Crippen molar-refractivity contribution in [3.8, 4) is 0 Å². The van der Waals surface area contributed by atoms with E-state index in [1.54, 1.807) is 0 Å². The lowest BCUT2D eigenvalue weighted by Gasteiger charge is -2.35. The molecule has 0 spiro atoms. The second kappa shape index (κ2) is 4.02. The van der Waals surface area contributed by atoms with Crippen molar-refractivity contribution in [3.63, 3.8) is 0 Å². The molecule has 0 radical (unpaired) electrons. The lowest BCUT2D eigenvalue weighted by Crippen LogP contribution is -2.45. The van der Waals surface area contributed by atoms with Crippen LogP contribution in [0.4, 0.5) is 0 Å². The van der Waals surface area contributed by atoms with Crippen LogP contribution in [0.5, 0.6) is 0 Å². The molecule has 0 bridgehead atoms. The fourth-order valence-electron chi connectivity index (χ4n) is 1.28. The lowest BCUT2D eigenvalue weighted by atomic mass is 9.93. The quantitative estimate of drug-likeness (QED) is 0.754. The smallest absolute Gasteiger partial charge is 0.109 e. The summed E-state index contributed by atoms with van der Waals surface area (Å²) in [6.07, 6.45) is 1.65. The number of hydrogen-bond acceptors (Lipinski definition) is 3. The van der Waals surface area contributed by atoms with Gasteiger partial charge in [0.2, 0.25) is 0 Å². The summed E-state index contributed by atoms with van der Waals surface area (Å²) in [5, 5.41) is 9.83. The van der Waals surface area contributed by atoms with E-state index < -0.39 is 5.60 Å². The van der Waals surface area contributed by atoms with Crippen molar-refractivity contribution < 1.29 is 8.17 Å². The average molecular weight is 271 g/mol. The topological polar surface area (TPSA) is 32.7 Å². The van der Waals surface area contributed by atoms with Crippen molar-refractivity contribution in [3.05, 3.63) is 0 Å². The molecule has 1 aliphatic heterocycles. The van der Waals surface area contributed by atoms with E-state index in [-0.39, 0.29) is 0 Å². The summed E-state index contributed by atoms with van der Waals surface area (Å²) in [6, 6.07) is 0. The third-order valence-electron chi connectivity index (χ3n) is 2.24. The Morgan fingerprint density at radius 1 is 1.55 bits per heavy atom. The molecule has 1 heterocycles. The molecule has 0 aromatic carbocycles. The van der Waals surface area contributed by atoms with E-state index >= 15 is 0 Å². The average Bonchev–Trinajstić information content (AvgIpc) is 1.97. The minimum atomic E-state index is -0.562. The number of halogens is 1. The second-order valence-electron chi connectivity index (χ2n) is 3.28. The molecule has 11 heavy (non-hydrogen) atoms. The largest absolute Gasteiger partial charge is 0.387 e. The van der Waals surface area contributed by atoms with Gasteiger partial charge in [-0.2, -0.15) is 0 Å². The molecular formula is C7H14INO2. The van der Waals surface area contributed by atoms with Crippen molar-refractivity contribution >= 4 is 23.0 Å². The van der Waals surface area contributed by atoms with E-state index in [2.05, 4.69) is 11.9 Å². The molecule has 1 rings (SSSR count). The number of hydrogen-bond donors (Lipinski definition) is 1. The Labute approximate surface area is 81.4 Å². The van der Waals surface area contributed by atoms with Crippen LogP contribution < -0.4 is 0 Å². The van der Waals surface area contributed by atoms with Crippen LogP contribution in [-0.4, -0.2) is 42.4 Å². The van der Waals surface area contributed by atoms with Crippen LogP contribution in [0.25, 0.3) is 0 Å². The van der Waals surface area contributed by atoms with Crippen LogP contribution in [0.15, 0.2) is 0 Å².